The maximum absolute atomic E-state index is 3.71. The summed E-state index contributed by atoms with van der Waals surface area (Å²) in [5.41, 5.74) is 2.68. The normalized spacial score (nSPS) is 16.7. The summed E-state index contributed by atoms with van der Waals surface area (Å²) in [6.07, 6.45) is 1.29. The van der Waals surface area contributed by atoms with Gasteiger partial charge in [0.25, 0.3) is 0 Å². The first-order chi connectivity index (χ1) is 9.16. The summed E-state index contributed by atoms with van der Waals surface area (Å²) >= 11 is 5.78. The van der Waals surface area contributed by atoms with Crippen LogP contribution in [0.4, 0.5) is 5.69 Å². The third-order valence-electron chi connectivity index (χ3n) is 3.32. The molecule has 1 fully saturated rings. The summed E-state index contributed by atoms with van der Waals surface area (Å²) in [5.74, 6) is 2.54. The Bertz CT molecular complexity index is 401. The average Bonchev–Trinajstić information content (AvgIpc) is 2.66. The fourth-order valence-corrected chi connectivity index (χ4v) is 3.59. The molecule has 0 saturated carbocycles. The number of benzene rings is 1. The minimum absolute atomic E-state index is 0.522. The Kier molecular flexibility index (Phi) is 6.05. The van der Waals surface area contributed by atoms with E-state index in [-0.39, 0.29) is 0 Å². The Balaban J connectivity index is 2.04. The van der Waals surface area contributed by atoms with E-state index in [1.54, 1.807) is 0 Å². The van der Waals surface area contributed by atoms with Crippen LogP contribution in [0.2, 0.25) is 0 Å². The minimum atomic E-state index is 0.522. The quantitative estimate of drug-likeness (QED) is 0.893. The van der Waals surface area contributed by atoms with Crippen molar-refractivity contribution in [2.45, 2.75) is 32.9 Å². The van der Waals surface area contributed by atoms with E-state index in [1.807, 2.05) is 0 Å². The predicted molar refractivity (Wildman–Crippen MR) is 90.3 cm³/mol. The first-order valence-corrected chi connectivity index (χ1v) is 8.96. The van der Waals surface area contributed by atoms with Crippen LogP contribution in [0, 0.1) is 0 Å². The Morgan fingerprint density at radius 2 is 2.16 bits per heavy atom. The van der Waals surface area contributed by atoms with Crippen molar-refractivity contribution < 1.29 is 0 Å². The smallest absolute Gasteiger partial charge is 0.0378 e. The Labute approximate surface area is 129 Å². The van der Waals surface area contributed by atoms with Crippen molar-refractivity contribution in [2.75, 3.05) is 29.5 Å². The molecule has 0 aromatic heterocycles. The van der Waals surface area contributed by atoms with Gasteiger partial charge in [-0.2, -0.15) is 11.8 Å². The number of hydrogen-bond acceptors (Lipinski definition) is 3. The van der Waals surface area contributed by atoms with Gasteiger partial charge in [-0.15, -0.1) is 0 Å². The molecule has 2 nitrogen and oxygen atoms in total. The van der Waals surface area contributed by atoms with E-state index in [0.717, 1.165) is 6.54 Å². The SMILES string of the molecule is CC(C)NCc1ccc(N2CCCSCC2)cc1Br. The van der Waals surface area contributed by atoms with Gasteiger partial charge in [0.15, 0.2) is 0 Å². The van der Waals surface area contributed by atoms with Gasteiger partial charge >= 0.3 is 0 Å². The van der Waals surface area contributed by atoms with Crippen molar-refractivity contribution in [1.82, 2.24) is 5.32 Å². The maximum atomic E-state index is 3.71. The molecule has 1 aromatic carbocycles. The molecule has 1 saturated heterocycles. The minimum Gasteiger partial charge on any atom is -0.371 e. The summed E-state index contributed by atoms with van der Waals surface area (Å²) in [5, 5.41) is 3.46. The molecule has 106 valence electrons. The van der Waals surface area contributed by atoms with Gasteiger partial charge in [-0.3, -0.25) is 0 Å². The number of thioether (sulfide) groups is 1. The lowest BCUT2D eigenvalue weighted by Gasteiger charge is -2.23. The van der Waals surface area contributed by atoms with Gasteiger partial charge in [-0.1, -0.05) is 35.8 Å². The fourth-order valence-electron chi connectivity index (χ4n) is 2.19. The van der Waals surface area contributed by atoms with Crippen molar-refractivity contribution in [3.8, 4) is 0 Å². The van der Waals surface area contributed by atoms with E-state index in [1.165, 1.54) is 46.7 Å². The van der Waals surface area contributed by atoms with Crippen LogP contribution in [-0.4, -0.2) is 30.6 Å². The maximum Gasteiger partial charge on any atom is 0.0378 e. The van der Waals surface area contributed by atoms with Gasteiger partial charge in [0.1, 0.15) is 0 Å². The highest BCUT2D eigenvalue weighted by atomic mass is 79.9. The van der Waals surface area contributed by atoms with Gasteiger partial charge in [0.2, 0.25) is 0 Å². The van der Waals surface area contributed by atoms with Crippen LogP contribution in [0.15, 0.2) is 22.7 Å². The molecule has 0 unspecified atom stereocenters. The Morgan fingerprint density at radius 3 is 2.89 bits per heavy atom. The molecule has 2 rings (SSSR count). The second-order valence-electron chi connectivity index (χ2n) is 5.26. The van der Waals surface area contributed by atoms with Crippen LogP contribution >= 0.6 is 27.7 Å². The zero-order valence-corrected chi connectivity index (χ0v) is 14.2. The summed E-state index contributed by atoms with van der Waals surface area (Å²) in [7, 11) is 0. The molecule has 1 aliphatic heterocycles. The first kappa shape index (κ1) is 15.2. The predicted octanol–water partition coefficient (Wildman–Crippen LogP) is 3.89. The Morgan fingerprint density at radius 1 is 1.32 bits per heavy atom. The molecule has 1 aromatic rings. The third-order valence-corrected chi connectivity index (χ3v) is 5.11. The Hall–Kier alpha value is -0.190. The lowest BCUT2D eigenvalue weighted by molar-refractivity contribution is 0.588. The molecule has 0 aliphatic carbocycles. The fraction of sp³-hybridized carbons (Fsp3) is 0.600. The van der Waals surface area contributed by atoms with E-state index in [4.69, 9.17) is 0 Å². The number of nitrogens with one attached hydrogen (secondary N) is 1. The molecular formula is C15H23BrN2S. The molecule has 0 spiro atoms. The highest BCUT2D eigenvalue weighted by Gasteiger charge is 2.11. The summed E-state index contributed by atoms with van der Waals surface area (Å²) in [6.45, 7) is 7.63. The largest absolute Gasteiger partial charge is 0.371 e. The van der Waals surface area contributed by atoms with Crippen LogP contribution in [0.3, 0.4) is 0 Å². The molecule has 0 amide bonds. The van der Waals surface area contributed by atoms with Crippen molar-refractivity contribution in [2.24, 2.45) is 0 Å². The number of rotatable bonds is 4. The highest BCUT2D eigenvalue weighted by Crippen LogP contribution is 2.26. The van der Waals surface area contributed by atoms with Gasteiger partial charge in [0, 0.05) is 41.6 Å². The molecule has 4 heteroatoms. The van der Waals surface area contributed by atoms with Crippen molar-refractivity contribution in [1.29, 1.82) is 0 Å². The standard InChI is InChI=1S/C15H23BrN2S/c1-12(2)17-11-13-4-5-14(10-15(13)16)18-6-3-8-19-9-7-18/h4-5,10,12,17H,3,6-9,11H2,1-2H3. The van der Waals surface area contributed by atoms with Crippen LogP contribution < -0.4 is 10.2 Å². The number of hydrogen-bond donors (Lipinski definition) is 1. The molecule has 0 bridgehead atoms. The van der Waals surface area contributed by atoms with Gasteiger partial charge in [0.05, 0.1) is 0 Å². The summed E-state index contributed by atoms with van der Waals surface area (Å²) < 4.78 is 1.22. The molecule has 0 radical (unpaired) electrons. The molecular weight excluding hydrogens is 320 g/mol. The number of nitrogens with zero attached hydrogens (tertiary/aromatic N) is 1. The average molecular weight is 343 g/mol. The summed E-state index contributed by atoms with van der Waals surface area (Å²) in [6, 6.07) is 7.30. The summed E-state index contributed by atoms with van der Waals surface area (Å²) in [4.78, 5) is 2.50. The monoisotopic (exact) mass is 342 g/mol. The number of halogens is 1. The lowest BCUT2D eigenvalue weighted by Crippen LogP contribution is -2.25. The molecule has 1 heterocycles. The van der Waals surface area contributed by atoms with Crippen LogP contribution in [0.5, 0.6) is 0 Å². The topological polar surface area (TPSA) is 15.3 Å². The van der Waals surface area contributed by atoms with E-state index < -0.39 is 0 Å². The first-order valence-electron chi connectivity index (χ1n) is 7.01. The van der Waals surface area contributed by atoms with Crippen LogP contribution in [0.1, 0.15) is 25.8 Å². The molecule has 1 N–H and O–H groups in total. The van der Waals surface area contributed by atoms with E-state index in [0.29, 0.717) is 6.04 Å². The third kappa shape index (κ3) is 4.69. The van der Waals surface area contributed by atoms with Gasteiger partial charge in [-0.25, -0.2) is 0 Å². The van der Waals surface area contributed by atoms with Crippen LogP contribution in [-0.2, 0) is 6.54 Å². The molecule has 0 atom stereocenters. The molecule has 19 heavy (non-hydrogen) atoms. The lowest BCUT2D eigenvalue weighted by atomic mass is 10.2. The van der Waals surface area contributed by atoms with E-state index in [9.17, 15) is 0 Å². The van der Waals surface area contributed by atoms with Crippen molar-refractivity contribution in [3.05, 3.63) is 28.2 Å². The second-order valence-corrected chi connectivity index (χ2v) is 7.34. The van der Waals surface area contributed by atoms with E-state index >= 15 is 0 Å². The second kappa shape index (κ2) is 7.55. The number of anilines is 1. The van der Waals surface area contributed by atoms with Crippen molar-refractivity contribution >= 4 is 33.4 Å². The van der Waals surface area contributed by atoms with Gasteiger partial charge in [-0.05, 0) is 29.9 Å². The molecule has 1 aliphatic rings. The highest BCUT2D eigenvalue weighted by molar-refractivity contribution is 9.10. The van der Waals surface area contributed by atoms with Crippen molar-refractivity contribution in [3.63, 3.8) is 0 Å². The van der Waals surface area contributed by atoms with Gasteiger partial charge < -0.3 is 10.2 Å². The van der Waals surface area contributed by atoms with Crippen LogP contribution in [0.25, 0.3) is 0 Å². The van der Waals surface area contributed by atoms with E-state index in [2.05, 4.69) is 70.0 Å². The zero-order chi connectivity index (χ0) is 13.7. The zero-order valence-electron chi connectivity index (χ0n) is 11.8.